The lowest BCUT2D eigenvalue weighted by Gasteiger charge is -2.29. The predicted octanol–water partition coefficient (Wildman–Crippen LogP) is 15.1. The summed E-state index contributed by atoms with van der Waals surface area (Å²) < 4.78 is 7.43. The highest BCUT2D eigenvalue weighted by Crippen LogP contribution is 2.44. The number of anilines is 6. The van der Waals surface area contributed by atoms with E-state index in [-0.39, 0.29) is 0 Å². The third-order valence-electron chi connectivity index (χ3n) is 10.6. The Labute approximate surface area is 327 Å². The Bertz CT molecular complexity index is 3130. The van der Waals surface area contributed by atoms with E-state index < -0.39 is 0 Å². The van der Waals surface area contributed by atoms with Crippen molar-refractivity contribution in [2.45, 2.75) is 0 Å². The maximum atomic E-state index is 6.20. The standard InChI is InChI=1S/C51H33N3OS/c1-3-14-35(15-4-1)53(37-28-26-34(27-29-37)51-52-49-44-23-9-7-20-41(44)42-21-8-10-24-45(42)50(49)56-51)38-18-13-19-39(32-38)54(36-16-5-2-6-17-36)40-30-31-48-46(33-40)43-22-11-12-25-47(43)55-48/h1-33H. The van der Waals surface area contributed by atoms with Crippen molar-refractivity contribution in [3.8, 4) is 10.6 Å². The fraction of sp³-hybridized carbons (Fsp3) is 0. The number of hydrogen-bond donors (Lipinski definition) is 0. The zero-order valence-electron chi connectivity index (χ0n) is 30.2. The molecule has 5 heteroatoms. The van der Waals surface area contributed by atoms with E-state index in [4.69, 9.17) is 9.40 Å². The highest BCUT2D eigenvalue weighted by atomic mass is 32.1. The van der Waals surface area contributed by atoms with Gasteiger partial charge in [0.05, 0.1) is 10.2 Å². The van der Waals surface area contributed by atoms with Gasteiger partial charge in [0.2, 0.25) is 0 Å². The average molecular weight is 736 g/mol. The van der Waals surface area contributed by atoms with Crippen LogP contribution in [0.25, 0.3) is 64.3 Å². The van der Waals surface area contributed by atoms with Crippen LogP contribution in [0.2, 0.25) is 0 Å². The van der Waals surface area contributed by atoms with E-state index in [2.05, 4.69) is 198 Å². The zero-order chi connectivity index (χ0) is 37.0. The Morgan fingerprint density at radius 2 is 0.839 bits per heavy atom. The minimum absolute atomic E-state index is 0.878. The van der Waals surface area contributed by atoms with E-state index in [0.717, 1.165) is 72.2 Å². The van der Waals surface area contributed by atoms with Gasteiger partial charge in [0, 0.05) is 61.2 Å². The van der Waals surface area contributed by atoms with Gasteiger partial charge in [-0.25, -0.2) is 4.98 Å². The summed E-state index contributed by atoms with van der Waals surface area (Å²) >= 11 is 1.77. The van der Waals surface area contributed by atoms with Crippen molar-refractivity contribution in [2.75, 3.05) is 9.80 Å². The monoisotopic (exact) mass is 735 g/mol. The highest BCUT2D eigenvalue weighted by molar-refractivity contribution is 7.22. The number of benzene rings is 9. The fourth-order valence-electron chi connectivity index (χ4n) is 8.08. The van der Waals surface area contributed by atoms with Gasteiger partial charge >= 0.3 is 0 Å². The van der Waals surface area contributed by atoms with Gasteiger partial charge in [0.1, 0.15) is 16.2 Å². The fourth-order valence-corrected chi connectivity index (χ4v) is 9.20. The Balaban J connectivity index is 1.02. The smallest absolute Gasteiger partial charge is 0.135 e. The van der Waals surface area contributed by atoms with E-state index in [9.17, 15) is 0 Å². The minimum atomic E-state index is 0.878. The summed E-state index contributed by atoms with van der Waals surface area (Å²) in [5.41, 5.74) is 10.3. The number of furan rings is 1. The number of fused-ring (bicyclic) bond motifs is 9. The van der Waals surface area contributed by atoms with Crippen LogP contribution < -0.4 is 9.80 Å². The van der Waals surface area contributed by atoms with Gasteiger partial charge in [-0.2, -0.15) is 0 Å². The van der Waals surface area contributed by atoms with Crippen LogP contribution in [0.5, 0.6) is 0 Å². The van der Waals surface area contributed by atoms with Crippen molar-refractivity contribution in [3.63, 3.8) is 0 Å². The molecule has 11 aromatic rings. The van der Waals surface area contributed by atoms with Crippen LogP contribution in [0.4, 0.5) is 34.1 Å². The summed E-state index contributed by atoms with van der Waals surface area (Å²) in [6.07, 6.45) is 0. The number of para-hydroxylation sites is 3. The molecule has 2 heterocycles. The molecule has 0 unspecified atom stereocenters. The summed E-state index contributed by atoms with van der Waals surface area (Å²) in [5.74, 6) is 0. The van der Waals surface area contributed by atoms with Gasteiger partial charge < -0.3 is 14.2 Å². The van der Waals surface area contributed by atoms with Gasteiger partial charge in [0.15, 0.2) is 0 Å². The topological polar surface area (TPSA) is 32.5 Å². The van der Waals surface area contributed by atoms with Crippen molar-refractivity contribution in [3.05, 3.63) is 200 Å². The summed E-state index contributed by atoms with van der Waals surface area (Å²) in [5, 5.41) is 8.17. The lowest BCUT2D eigenvalue weighted by Crippen LogP contribution is -2.13. The zero-order valence-corrected chi connectivity index (χ0v) is 31.0. The molecule has 0 saturated heterocycles. The lowest BCUT2D eigenvalue weighted by atomic mass is 10.0. The first kappa shape index (κ1) is 32.2. The molecule has 0 aliphatic rings. The molecule has 0 atom stereocenters. The van der Waals surface area contributed by atoms with Crippen molar-refractivity contribution in [1.29, 1.82) is 0 Å². The van der Waals surface area contributed by atoms with E-state index in [0.29, 0.717) is 0 Å². The molecular formula is C51H33N3OS. The third kappa shape index (κ3) is 5.40. The van der Waals surface area contributed by atoms with E-state index in [1.165, 1.54) is 26.2 Å². The Morgan fingerprint density at radius 3 is 1.54 bits per heavy atom. The van der Waals surface area contributed by atoms with Crippen LogP contribution in [0.3, 0.4) is 0 Å². The molecule has 2 aromatic heterocycles. The van der Waals surface area contributed by atoms with Crippen LogP contribution in [0, 0.1) is 0 Å². The quantitative estimate of drug-likeness (QED) is 0.153. The molecule has 4 nitrogen and oxygen atoms in total. The molecule has 0 aliphatic heterocycles. The first-order valence-corrected chi connectivity index (χ1v) is 19.6. The Hall–Kier alpha value is -7.21. The largest absolute Gasteiger partial charge is 0.456 e. The van der Waals surface area contributed by atoms with Gasteiger partial charge in [-0.05, 0) is 102 Å². The van der Waals surface area contributed by atoms with Crippen LogP contribution in [-0.4, -0.2) is 4.98 Å². The summed E-state index contributed by atoms with van der Waals surface area (Å²) in [4.78, 5) is 9.91. The average Bonchev–Trinajstić information content (AvgIpc) is 3.88. The minimum Gasteiger partial charge on any atom is -0.456 e. The van der Waals surface area contributed by atoms with Crippen LogP contribution in [0.1, 0.15) is 0 Å². The van der Waals surface area contributed by atoms with E-state index in [1.807, 2.05) is 12.1 Å². The Morgan fingerprint density at radius 1 is 0.357 bits per heavy atom. The molecule has 0 aliphatic carbocycles. The third-order valence-corrected chi connectivity index (χ3v) is 11.8. The second-order valence-corrected chi connectivity index (χ2v) is 15.0. The van der Waals surface area contributed by atoms with Crippen LogP contribution >= 0.6 is 11.3 Å². The molecule has 0 amide bonds. The highest BCUT2D eigenvalue weighted by Gasteiger charge is 2.20. The van der Waals surface area contributed by atoms with E-state index >= 15 is 0 Å². The van der Waals surface area contributed by atoms with Crippen LogP contribution in [0.15, 0.2) is 205 Å². The van der Waals surface area contributed by atoms with Crippen molar-refractivity contribution in [1.82, 2.24) is 4.98 Å². The number of hydrogen-bond acceptors (Lipinski definition) is 5. The molecule has 0 bridgehead atoms. The molecular weight excluding hydrogens is 703 g/mol. The van der Waals surface area contributed by atoms with Crippen molar-refractivity contribution < 1.29 is 4.42 Å². The molecule has 0 radical (unpaired) electrons. The van der Waals surface area contributed by atoms with Gasteiger partial charge in [-0.3, -0.25) is 0 Å². The molecule has 0 N–H and O–H groups in total. The second kappa shape index (κ2) is 13.3. The van der Waals surface area contributed by atoms with Crippen LogP contribution in [-0.2, 0) is 0 Å². The SMILES string of the molecule is c1ccc(N(c2ccc(-c3nc4c5ccccc5c5ccccc5c4s3)cc2)c2cccc(N(c3ccccc3)c3ccc4oc5ccccc5c4c3)c2)cc1. The number of nitrogens with zero attached hydrogens (tertiary/aromatic N) is 3. The molecule has 0 fully saturated rings. The number of thiazole rings is 1. The first-order chi connectivity index (χ1) is 27.8. The summed E-state index contributed by atoms with van der Waals surface area (Å²) in [7, 11) is 0. The van der Waals surface area contributed by atoms with Gasteiger partial charge in [0.25, 0.3) is 0 Å². The maximum absolute atomic E-state index is 6.20. The number of aromatic nitrogens is 1. The molecule has 56 heavy (non-hydrogen) atoms. The van der Waals surface area contributed by atoms with Crippen molar-refractivity contribution in [2.24, 2.45) is 0 Å². The second-order valence-electron chi connectivity index (χ2n) is 14.0. The van der Waals surface area contributed by atoms with E-state index in [1.54, 1.807) is 11.3 Å². The number of rotatable bonds is 7. The molecule has 0 spiro atoms. The van der Waals surface area contributed by atoms with Gasteiger partial charge in [-0.1, -0.05) is 109 Å². The molecule has 9 aromatic carbocycles. The lowest BCUT2D eigenvalue weighted by molar-refractivity contribution is 0.669. The predicted molar refractivity (Wildman–Crippen MR) is 237 cm³/mol. The molecule has 264 valence electrons. The van der Waals surface area contributed by atoms with Crippen molar-refractivity contribution >= 4 is 99.2 Å². The Kier molecular flexibility index (Phi) is 7.64. The maximum Gasteiger partial charge on any atom is 0.135 e. The normalized spacial score (nSPS) is 11.6. The molecule has 11 rings (SSSR count). The molecule has 0 saturated carbocycles. The summed E-state index contributed by atoms with van der Waals surface area (Å²) in [6.45, 7) is 0. The summed E-state index contributed by atoms with van der Waals surface area (Å²) in [6, 6.07) is 70.8. The van der Waals surface area contributed by atoms with Gasteiger partial charge in [-0.15, -0.1) is 11.3 Å². The first-order valence-electron chi connectivity index (χ1n) is 18.8.